The molecule has 2 aromatic carbocycles. The van der Waals surface area contributed by atoms with Gasteiger partial charge < -0.3 is 20.0 Å². The maximum Gasteiger partial charge on any atom is 0.231 e. The molecule has 0 aromatic heterocycles. The number of ketones is 1. The van der Waals surface area contributed by atoms with Crippen LogP contribution in [0.25, 0.3) is 6.08 Å². The Balaban J connectivity index is 1.59. The van der Waals surface area contributed by atoms with Crippen molar-refractivity contribution in [1.82, 2.24) is 9.80 Å². The van der Waals surface area contributed by atoms with Crippen molar-refractivity contribution in [3.05, 3.63) is 64.1 Å². The van der Waals surface area contributed by atoms with Crippen LogP contribution in [0.1, 0.15) is 21.5 Å². The van der Waals surface area contributed by atoms with Crippen LogP contribution < -0.4 is 9.96 Å². The number of nitrogens with one attached hydrogen (secondary N) is 1. The average Bonchev–Trinajstić information content (AvgIpc) is 3.02. The minimum absolute atomic E-state index is 0.113. The van der Waals surface area contributed by atoms with Crippen molar-refractivity contribution in [2.24, 2.45) is 0 Å². The highest BCUT2D eigenvalue weighted by Crippen LogP contribution is 2.40. The van der Waals surface area contributed by atoms with E-state index in [1.807, 2.05) is 0 Å². The van der Waals surface area contributed by atoms with Gasteiger partial charge in [0.25, 0.3) is 0 Å². The summed E-state index contributed by atoms with van der Waals surface area (Å²) in [5.74, 6) is 0.431. The van der Waals surface area contributed by atoms with Crippen LogP contribution in [0, 0.1) is 5.21 Å². The molecule has 8 nitrogen and oxygen atoms in total. The Bertz CT molecular complexity index is 948. The number of carbonyl (C=O) groups is 1. The van der Waals surface area contributed by atoms with Crippen molar-refractivity contribution in [2.45, 2.75) is 6.54 Å². The van der Waals surface area contributed by atoms with Gasteiger partial charge in [-0.25, -0.2) is 5.21 Å². The first-order valence-corrected chi connectivity index (χ1v) is 9.46. The molecule has 0 aliphatic carbocycles. The van der Waals surface area contributed by atoms with Gasteiger partial charge in [-0.05, 0) is 43.0 Å². The van der Waals surface area contributed by atoms with Gasteiger partial charge in [0.2, 0.25) is 5.78 Å². The Morgan fingerprint density at radius 2 is 1.83 bits per heavy atom. The number of fused-ring (bicyclic) bond motifs is 1. The van der Waals surface area contributed by atoms with E-state index in [2.05, 4.69) is 16.8 Å². The van der Waals surface area contributed by atoms with Crippen LogP contribution in [0.4, 0.5) is 5.69 Å². The molecule has 2 heterocycles. The van der Waals surface area contributed by atoms with Crippen molar-refractivity contribution in [1.29, 1.82) is 0 Å². The van der Waals surface area contributed by atoms with Gasteiger partial charge >= 0.3 is 0 Å². The summed E-state index contributed by atoms with van der Waals surface area (Å²) in [5.41, 5.74) is 1.88. The van der Waals surface area contributed by atoms with Crippen molar-refractivity contribution < 1.29 is 25.1 Å². The SMILES string of the molecule is CN1CCN(Cc2c(O)ccc3c2OC(=Cc2ccc([NH+]([O-])O)cc2)C3=O)CC1. The van der Waals surface area contributed by atoms with E-state index in [-0.39, 0.29) is 23.0 Å². The lowest BCUT2D eigenvalue weighted by Gasteiger charge is -2.32. The minimum Gasteiger partial charge on any atom is -0.595 e. The molecule has 2 aromatic rings. The molecule has 3 N–H and O–H groups in total. The van der Waals surface area contributed by atoms with Gasteiger partial charge in [-0.1, -0.05) is 0 Å². The number of phenolic OH excluding ortho intramolecular Hbond substituents is 1. The first-order chi connectivity index (χ1) is 13.9. The third-order valence-corrected chi connectivity index (χ3v) is 5.35. The van der Waals surface area contributed by atoms with E-state index in [1.165, 1.54) is 18.2 Å². The summed E-state index contributed by atoms with van der Waals surface area (Å²) in [6, 6.07) is 9.32. The average molecular weight is 397 g/mol. The van der Waals surface area contributed by atoms with E-state index in [0.29, 0.717) is 29.0 Å². The summed E-state index contributed by atoms with van der Waals surface area (Å²) in [6.07, 6.45) is 1.59. The number of hydrogen-bond donors (Lipinski definition) is 3. The zero-order valence-corrected chi connectivity index (χ0v) is 16.1. The zero-order chi connectivity index (χ0) is 20.5. The number of quaternary nitrogens is 1. The number of hydrogen-bond acceptors (Lipinski definition) is 7. The van der Waals surface area contributed by atoms with E-state index in [4.69, 9.17) is 9.94 Å². The molecular weight excluding hydrogens is 374 g/mol. The Morgan fingerprint density at radius 1 is 1.14 bits per heavy atom. The zero-order valence-electron chi connectivity index (χ0n) is 16.1. The number of allylic oxidation sites excluding steroid dienone is 1. The first-order valence-electron chi connectivity index (χ1n) is 9.46. The van der Waals surface area contributed by atoms with Crippen molar-refractivity contribution in [2.75, 3.05) is 33.2 Å². The van der Waals surface area contributed by atoms with E-state index < -0.39 is 5.23 Å². The Morgan fingerprint density at radius 3 is 2.48 bits per heavy atom. The van der Waals surface area contributed by atoms with Gasteiger partial charge in [-0.2, -0.15) is 5.23 Å². The topological polar surface area (TPSA) is 101 Å². The van der Waals surface area contributed by atoms with E-state index in [1.54, 1.807) is 24.3 Å². The lowest BCUT2D eigenvalue weighted by atomic mass is 10.0. The largest absolute Gasteiger partial charge is 0.595 e. The molecule has 152 valence electrons. The summed E-state index contributed by atoms with van der Waals surface area (Å²) >= 11 is 0. The molecule has 0 spiro atoms. The smallest absolute Gasteiger partial charge is 0.231 e. The van der Waals surface area contributed by atoms with Gasteiger partial charge in [0.15, 0.2) is 11.4 Å². The second-order valence-corrected chi connectivity index (χ2v) is 7.39. The monoisotopic (exact) mass is 397 g/mol. The number of benzene rings is 2. The normalized spacial score (nSPS) is 20.0. The van der Waals surface area contributed by atoms with E-state index in [0.717, 1.165) is 26.2 Å². The number of piperazine rings is 1. The second-order valence-electron chi connectivity index (χ2n) is 7.39. The molecule has 4 rings (SSSR count). The van der Waals surface area contributed by atoms with Crippen LogP contribution >= 0.6 is 0 Å². The molecule has 1 atom stereocenters. The summed E-state index contributed by atoms with van der Waals surface area (Å²) in [4.78, 5) is 17.3. The Hall–Kier alpha value is -2.75. The highest BCUT2D eigenvalue weighted by molar-refractivity contribution is 6.15. The van der Waals surface area contributed by atoms with Crippen molar-refractivity contribution >= 4 is 17.5 Å². The Labute approximate surface area is 168 Å². The van der Waals surface area contributed by atoms with Gasteiger partial charge in [-0.3, -0.25) is 9.69 Å². The molecular formula is C21H23N3O5. The highest BCUT2D eigenvalue weighted by Gasteiger charge is 2.32. The van der Waals surface area contributed by atoms with E-state index in [9.17, 15) is 15.1 Å². The Kier molecular flexibility index (Phi) is 5.35. The summed E-state index contributed by atoms with van der Waals surface area (Å²) in [6.45, 7) is 4.18. The third kappa shape index (κ3) is 4.02. The molecule has 1 fully saturated rings. The summed E-state index contributed by atoms with van der Waals surface area (Å²) in [5, 5.41) is 29.4. The number of phenols is 1. The summed E-state index contributed by atoms with van der Waals surface area (Å²) in [7, 11) is 2.08. The molecule has 29 heavy (non-hydrogen) atoms. The van der Waals surface area contributed by atoms with Crippen LogP contribution in [0.15, 0.2) is 42.2 Å². The van der Waals surface area contributed by atoms with Gasteiger partial charge in [0.1, 0.15) is 11.5 Å². The number of ether oxygens (including phenoxy) is 1. The predicted molar refractivity (Wildman–Crippen MR) is 106 cm³/mol. The molecule has 1 unspecified atom stereocenters. The quantitative estimate of drug-likeness (QED) is 0.526. The second kappa shape index (κ2) is 7.94. The predicted octanol–water partition coefficient (Wildman–Crippen LogP) is 1.16. The van der Waals surface area contributed by atoms with Crippen LogP contribution in [0.3, 0.4) is 0 Å². The molecule has 2 aliphatic heterocycles. The van der Waals surface area contributed by atoms with Gasteiger partial charge in [0.05, 0.1) is 11.1 Å². The fourth-order valence-electron chi connectivity index (χ4n) is 3.55. The molecule has 8 heteroatoms. The number of likely N-dealkylation sites (N-methyl/N-ethyl adjacent to an activating group) is 1. The van der Waals surface area contributed by atoms with Crippen molar-refractivity contribution in [3.63, 3.8) is 0 Å². The van der Waals surface area contributed by atoms with Crippen LogP contribution in [-0.4, -0.2) is 59.1 Å². The molecule has 0 saturated carbocycles. The molecule has 0 bridgehead atoms. The van der Waals surface area contributed by atoms with Crippen LogP contribution in [0.5, 0.6) is 11.5 Å². The van der Waals surface area contributed by atoms with E-state index >= 15 is 0 Å². The number of rotatable bonds is 4. The number of nitrogens with zero attached hydrogens (tertiary/aromatic N) is 2. The lowest BCUT2D eigenvalue weighted by molar-refractivity contribution is -0.991. The van der Waals surface area contributed by atoms with Crippen LogP contribution in [0.2, 0.25) is 0 Å². The maximum atomic E-state index is 12.8. The fraction of sp³-hybridized carbons (Fsp3) is 0.286. The van der Waals surface area contributed by atoms with Gasteiger partial charge in [-0.15, -0.1) is 0 Å². The standard InChI is InChI=1S/C21H23N3O5/c1-22-8-10-23(11-9-22)13-17-18(25)7-6-16-20(26)19(29-21(16)17)12-14-2-4-15(5-3-14)24(27)28/h2-7,12,24-25,27H,8-11,13H2,1H3. The number of aromatic hydroxyl groups is 1. The number of Topliss-reactive ketones (excluding diaryl/α,β-unsaturated/α-hetero) is 1. The van der Waals surface area contributed by atoms with Crippen LogP contribution in [-0.2, 0) is 6.54 Å². The maximum absolute atomic E-state index is 12.8. The first kappa shape index (κ1) is 19.6. The lowest BCUT2D eigenvalue weighted by Crippen LogP contribution is -2.99. The fourth-order valence-corrected chi connectivity index (χ4v) is 3.55. The highest BCUT2D eigenvalue weighted by atomic mass is 16.8. The molecule has 0 radical (unpaired) electrons. The number of carbonyl (C=O) groups excluding carboxylic acids is 1. The van der Waals surface area contributed by atoms with Crippen molar-refractivity contribution in [3.8, 4) is 11.5 Å². The third-order valence-electron chi connectivity index (χ3n) is 5.35. The molecule has 2 aliphatic rings. The molecule has 0 amide bonds. The minimum atomic E-state index is -1.01. The van der Waals surface area contributed by atoms with Gasteiger partial charge in [0, 0.05) is 44.9 Å². The summed E-state index contributed by atoms with van der Waals surface area (Å²) < 4.78 is 5.87. The molecule has 1 saturated heterocycles.